The van der Waals surface area contributed by atoms with Crippen LogP contribution in [0.5, 0.6) is 0 Å². The van der Waals surface area contributed by atoms with Gasteiger partial charge in [-0.2, -0.15) is 5.10 Å². The highest BCUT2D eigenvalue weighted by Gasteiger charge is 2.23. The van der Waals surface area contributed by atoms with Crippen molar-refractivity contribution in [2.24, 2.45) is 11.8 Å². The van der Waals surface area contributed by atoms with Gasteiger partial charge in [-0.1, -0.05) is 19.8 Å². The van der Waals surface area contributed by atoms with Crippen molar-refractivity contribution in [3.8, 4) is 0 Å². The molecule has 0 bridgehead atoms. The lowest BCUT2D eigenvalue weighted by atomic mass is 9.83. The van der Waals surface area contributed by atoms with E-state index in [2.05, 4.69) is 21.8 Å². The Hall–Kier alpha value is -0.880. The van der Waals surface area contributed by atoms with Gasteiger partial charge in [0.25, 0.3) is 0 Å². The van der Waals surface area contributed by atoms with Gasteiger partial charge in [-0.15, -0.1) is 0 Å². The lowest BCUT2D eigenvalue weighted by molar-refractivity contribution is 0.283. The summed E-state index contributed by atoms with van der Waals surface area (Å²) in [5.74, 6) is 1.18. The van der Waals surface area contributed by atoms with Crippen LogP contribution in [0.4, 0.5) is 0 Å². The Labute approximate surface area is 108 Å². The average Bonchev–Trinajstić information content (AvgIpc) is 2.74. The van der Waals surface area contributed by atoms with Crippen LogP contribution in [0, 0.1) is 18.8 Å². The molecule has 1 aliphatic rings. The highest BCUT2D eigenvalue weighted by molar-refractivity contribution is 7.89. The molecule has 0 saturated heterocycles. The molecule has 1 heterocycles. The third kappa shape index (κ3) is 3.11. The molecule has 6 heteroatoms. The van der Waals surface area contributed by atoms with Crippen LogP contribution < -0.4 is 4.72 Å². The Morgan fingerprint density at radius 2 is 2.28 bits per heavy atom. The zero-order chi connectivity index (χ0) is 13.2. The number of hydrogen-bond donors (Lipinski definition) is 2. The zero-order valence-corrected chi connectivity index (χ0v) is 11.8. The maximum Gasteiger partial charge on any atom is 0.243 e. The zero-order valence-electron chi connectivity index (χ0n) is 10.9. The fourth-order valence-electron chi connectivity index (χ4n) is 2.66. The summed E-state index contributed by atoms with van der Waals surface area (Å²) in [7, 11) is -3.41. The molecule has 18 heavy (non-hydrogen) atoms. The second-order valence-electron chi connectivity index (χ2n) is 5.35. The smallest absolute Gasteiger partial charge is 0.243 e. The third-order valence-electron chi connectivity index (χ3n) is 3.68. The molecule has 2 N–H and O–H groups in total. The summed E-state index contributed by atoms with van der Waals surface area (Å²) in [6, 6.07) is 0. The van der Waals surface area contributed by atoms with Crippen molar-refractivity contribution < 1.29 is 8.42 Å². The van der Waals surface area contributed by atoms with Crippen molar-refractivity contribution in [2.75, 3.05) is 6.54 Å². The molecular weight excluding hydrogens is 250 g/mol. The molecule has 2 atom stereocenters. The van der Waals surface area contributed by atoms with Gasteiger partial charge in [-0.25, -0.2) is 13.1 Å². The van der Waals surface area contributed by atoms with Crippen LogP contribution >= 0.6 is 0 Å². The second-order valence-corrected chi connectivity index (χ2v) is 7.08. The SMILES string of the molecule is Cc1[nH]ncc1S(=O)(=O)NCC1CCCC(C)C1. The minimum atomic E-state index is -3.41. The molecule has 2 rings (SSSR count). The Kier molecular flexibility index (Phi) is 4.07. The molecule has 0 aliphatic heterocycles. The quantitative estimate of drug-likeness (QED) is 0.877. The number of hydrogen-bond acceptors (Lipinski definition) is 3. The van der Waals surface area contributed by atoms with E-state index in [-0.39, 0.29) is 4.90 Å². The minimum absolute atomic E-state index is 0.256. The van der Waals surface area contributed by atoms with Crippen molar-refractivity contribution >= 4 is 10.0 Å². The van der Waals surface area contributed by atoms with E-state index in [0.29, 0.717) is 24.1 Å². The van der Waals surface area contributed by atoms with E-state index >= 15 is 0 Å². The van der Waals surface area contributed by atoms with Crippen LogP contribution in [-0.2, 0) is 10.0 Å². The lowest BCUT2D eigenvalue weighted by Crippen LogP contribution is -2.31. The molecule has 1 fully saturated rings. The number of rotatable bonds is 4. The highest BCUT2D eigenvalue weighted by atomic mass is 32.2. The van der Waals surface area contributed by atoms with Crippen molar-refractivity contribution in [3.05, 3.63) is 11.9 Å². The van der Waals surface area contributed by atoms with Gasteiger partial charge in [0.1, 0.15) is 4.90 Å². The molecule has 2 unspecified atom stereocenters. The molecule has 1 saturated carbocycles. The summed E-state index contributed by atoms with van der Waals surface area (Å²) < 4.78 is 26.8. The van der Waals surface area contributed by atoms with E-state index in [4.69, 9.17) is 0 Å². The minimum Gasteiger partial charge on any atom is -0.281 e. The monoisotopic (exact) mass is 271 g/mol. The van der Waals surface area contributed by atoms with Crippen LogP contribution in [0.1, 0.15) is 38.3 Å². The van der Waals surface area contributed by atoms with Crippen LogP contribution in [0.15, 0.2) is 11.1 Å². The topological polar surface area (TPSA) is 74.8 Å². The maximum absolute atomic E-state index is 12.1. The predicted molar refractivity (Wildman–Crippen MR) is 69.6 cm³/mol. The molecule has 5 nitrogen and oxygen atoms in total. The molecule has 0 amide bonds. The molecule has 0 radical (unpaired) electrons. The number of sulfonamides is 1. The molecule has 1 aromatic heterocycles. The van der Waals surface area contributed by atoms with Crippen LogP contribution in [0.2, 0.25) is 0 Å². The summed E-state index contributed by atoms with van der Waals surface area (Å²) >= 11 is 0. The summed E-state index contributed by atoms with van der Waals surface area (Å²) in [5.41, 5.74) is 0.583. The van der Waals surface area contributed by atoms with Crippen molar-refractivity contribution in [2.45, 2.75) is 44.4 Å². The van der Waals surface area contributed by atoms with Crippen molar-refractivity contribution in [1.29, 1.82) is 0 Å². The normalized spacial score (nSPS) is 25.2. The summed E-state index contributed by atoms with van der Waals surface area (Å²) in [4.78, 5) is 0.256. The molecule has 0 spiro atoms. The Balaban J connectivity index is 1.95. The van der Waals surface area contributed by atoms with Gasteiger partial charge in [0.05, 0.1) is 11.9 Å². The van der Waals surface area contributed by atoms with E-state index in [1.807, 2.05) is 0 Å². The summed E-state index contributed by atoms with van der Waals surface area (Å²) in [5, 5.41) is 6.40. The van der Waals surface area contributed by atoms with Crippen LogP contribution in [-0.4, -0.2) is 25.2 Å². The maximum atomic E-state index is 12.1. The van der Waals surface area contributed by atoms with Crippen LogP contribution in [0.3, 0.4) is 0 Å². The number of aromatic amines is 1. The molecule has 1 aromatic rings. The van der Waals surface area contributed by atoms with E-state index < -0.39 is 10.0 Å². The lowest BCUT2D eigenvalue weighted by Gasteiger charge is -2.26. The fraction of sp³-hybridized carbons (Fsp3) is 0.750. The van der Waals surface area contributed by atoms with Gasteiger partial charge in [-0.05, 0) is 31.6 Å². The predicted octanol–water partition coefficient (Wildman–Crippen LogP) is 1.82. The Morgan fingerprint density at radius 1 is 1.50 bits per heavy atom. The first-order valence-electron chi connectivity index (χ1n) is 6.48. The molecule has 102 valence electrons. The van der Waals surface area contributed by atoms with Gasteiger partial charge in [-0.3, -0.25) is 5.10 Å². The van der Waals surface area contributed by atoms with Crippen molar-refractivity contribution in [1.82, 2.24) is 14.9 Å². The van der Waals surface area contributed by atoms with Crippen LogP contribution in [0.25, 0.3) is 0 Å². The number of aryl methyl sites for hydroxylation is 1. The van der Waals surface area contributed by atoms with Gasteiger partial charge in [0.2, 0.25) is 10.0 Å². The van der Waals surface area contributed by atoms with E-state index in [0.717, 1.165) is 12.8 Å². The molecular formula is C12H21N3O2S. The number of nitrogens with one attached hydrogen (secondary N) is 2. The van der Waals surface area contributed by atoms with Gasteiger partial charge >= 0.3 is 0 Å². The largest absolute Gasteiger partial charge is 0.281 e. The molecule has 1 aliphatic carbocycles. The van der Waals surface area contributed by atoms with E-state index in [1.54, 1.807) is 6.92 Å². The first-order valence-corrected chi connectivity index (χ1v) is 7.97. The number of H-pyrrole nitrogens is 1. The average molecular weight is 271 g/mol. The third-order valence-corrected chi connectivity index (χ3v) is 5.22. The standard InChI is InChI=1S/C12H21N3O2S/c1-9-4-3-5-11(6-9)7-14-18(16,17)12-8-13-15-10(12)2/h8-9,11,14H,3-7H2,1-2H3,(H,13,15). The van der Waals surface area contributed by atoms with E-state index in [1.165, 1.54) is 19.0 Å². The Morgan fingerprint density at radius 3 is 2.89 bits per heavy atom. The van der Waals surface area contributed by atoms with E-state index in [9.17, 15) is 8.42 Å². The first kappa shape index (κ1) is 13.5. The second kappa shape index (κ2) is 5.40. The highest BCUT2D eigenvalue weighted by Crippen LogP contribution is 2.28. The Bertz CT molecular complexity index is 495. The van der Waals surface area contributed by atoms with Gasteiger partial charge < -0.3 is 0 Å². The summed E-state index contributed by atoms with van der Waals surface area (Å²) in [6.07, 6.45) is 6.08. The summed E-state index contributed by atoms with van der Waals surface area (Å²) in [6.45, 7) is 4.49. The van der Waals surface area contributed by atoms with Crippen molar-refractivity contribution in [3.63, 3.8) is 0 Å². The number of aromatic nitrogens is 2. The fourth-order valence-corrected chi connectivity index (χ4v) is 3.91. The number of nitrogens with zero attached hydrogens (tertiary/aromatic N) is 1. The van der Waals surface area contributed by atoms with Gasteiger partial charge in [0, 0.05) is 6.54 Å². The molecule has 0 aromatic carbocycles. The first-order chi connectivity index (χ1) is 8.49. The van der Waals surface area contributed by atoms with Gasteiger partial charge in [0.15, 0.2) is 0 Å².